The van der Waals surface area contributed by atoms with E-state index in [-0.39, 0.29) is 17.7 Å². The number of amides is 1. The zero-order chi connectivity index (χ0) is 25.7. The minimum absolute atomic E-state index is 0.0101. The van der Waals surface area contributed by atoms with Gasteiger partial charge in [0.2, 0.25) is 5.91 Å². The second-order valence-electron chi connectivity index (χ2n) is 8.92. The third kappa shape index (κ3) is 5.73. The molecule has 1 aliphatic rings. The number of rotatable bonds is 9. The van der Waals surface area contributed by atoms with Crippen LogP contribution in [0.1, 0.15) is 62.4 Å². The van der Waals surface area contributed by atoms with Crippen molar-refractivity contribution in [1.29, 1.82) is 0 Å². The molecule has 0 aliphatic heterocycles. The molecule has 1 atom stereocenters. The first kappa shape index (κ1) is 25.8. The number of thioether (sulfide) groups is 1. The lowest BCUT2D eigenvalue weighted by atomic mass is 9.95. The molecule has 0 unspecified atom stereocenters. The summed E-state index contributed by atoms with van der Waals surface area (Å²) in [6.07, 6.45) is 5.65. The lowest BCUT2D eigenvalue weighted by Gasteiger charge is -2.26. The van der Waals surface area contributed by atoms with Crippen molar-refractivity contribution >= 4 is 29.1 Å². The normalized spacial score (nSPS) is 14.8. The summed E-state index contributed by atoms with van der Waals surface area (Å²) in [7, 11) is 3.23. The van der Waals surface area contributed by atoms with E-state index >= 15 is 0 Å². The Morgan fingerprint density at radius 1 is 1.00 bits per heavy atom. The van der Waals surface area contributed by atoms with Crippen LogP contribution in [-0.4, -0.2) is 45.9 Å². The molecule has 1 N–H and O–H groups in total. The number of ketones is 1. The molecule has 36 heavy (non-hydrogen) atoms. The number of carbonyl (C=O) groups is 2. The minimum Gasteiger partial charge on any atom is -0.493 e. The van der Waals surface area contributed by atoms with E-state index in [1.54, 1.807) is 38.5 Å². The van der Waals surface area contributed by atoms with E-state index in [4.69, 9.17) is 9.47 Å². The topological polar surface area (TPSA) is 95.3 Å². The van der Waals surface area contributed by atoms with E-state index < -0.39 is 5.25 Å². The first-order chi connectivity index (χ1) is 17.4. The monoisotopic (exact) mass is 508 g/mol. The first-order valence-corrected chi connectivity index (χ1v) is 13.0. The Hall–Kier alpha value is -3.33. The Morgan fingerprint density at radius 2 is 1.69 bits per heavy atom. The van der Waals surface area contributed by atoms with Crippen LogP contribution in [0.5, 0.6) is 11.5 Å². The molecule has 1 aliphatic carbocycles. The zero-order valence-electron chi connectivity index (χ0n) is 21.1. The highest BCUT2D eigenvalue weighted by Gasteiger charge is 2.27. The summed E-state index contributed by atoms with van der Waals surface area (Å²) in [5, 5.41) is 12.3. The molecule has 9 heteroatoms. The maximum absolute atomic E-state index is 13.0. The third-order valence-electron chi connectivity index (χ3n) is 6.46. The number of benzene rings is 2. The van der Waals surface area contributed by atoms with Crippen molar-refractivity contribution < 1.29 is 19.1 Å². The number of hydrogen-bond acceptors (Lipinski definition) is 7. The SMILES string of the molecule is COc1ccc(-c2nnc(S[C@@H](C)C(=O)Nc3ccc(C(C)=O)cc3)n2C2CCCCC2)cc1OC. The molecule has 1 fully saturated rings. The zero-order valence-corrected chi connectivity index (χ0v) is 21.9. The first-order valence-electron chi connectivity index (χ1n) is 12.2. The number of carbonyl (C=O) groups excluding carboxylic acids is 2. The molecule has 190 valence electrons. The number of hydrogen-bond donors (Lipinski definition) is 1. The van der Waals surface area contributed by atoms with Crippen LogP contribution in [-0.2, 0) is 4.79 Å². The molecule has 3 aromatic rings. The van der Waals surface area contributed by atoms with E-state index in [0.29, 0.717) is 22.7 Å². The van der Waals surface area contributed by atoms with Crippen LogP contribution in [0.4, 0.5) is 5.69 Å². The van der Waals surface area contributed by atoms with Crippen LogP contribution in [0.3, 0.4) is 0 Å². The summed E-state index contributed by atoms with van der Waals surface area (Å²) < 4.78 is 13.1. The average molecular weight is 509 g/mol. The number of nitrogens with one attached hydrogen (secondary N) is 1. The van der Waals surface area contributed by atoms with Crippen molar-refractivity contribution in [3.8, 4) is 22.9 Å². The Kier molecular flexibility index (Phi) is 8.30. The molecular formula is C27H32N4O4S. The summed E-state index contributed by atoms with van der Waals surface area (Å²) >= 11 is 1.40. The molecule has 1 amide bonds. The fourth-order valence-corrected chi connectivity index (χ4v) is 5.36. The summed E-state index contributed by atoms with van der Waals surface area (Å²) in [6, 6.07) is 12.9. The number of nitrogens with zero attached hydrogens (tertiary/aromatic N) is 3. The van der Waals surface area contributed by atoms with Crippen LogP contribution in [0, 0.1) is 0 Å². The van der Waals surface area contributed by atoms with Gasteiger partial charge in [-0.15, -0.1) is 10.2 Å². The molecule has 8 nitrogen and oxygen atoms in total. The molecule has 0 saturated heterocycles. The van der Waals surface area contributed by atoms with Gasteiger partial charge in [-0.2, -0.15) is 0 Å². The number of methoxy groups -OCH3 is 2. The molecule has 0 bridgehead atoms. The minimum atomic E-state index is -0.401. The van der Waals surface area contributed by atoms with Crippen molar-refractivity contribution in [2.24, 2.45) is 0 Å². The van der Waals surface area contributed by atoms with Crippen LogP contribution >= 0.6 is 11.8 Å². The maximum Gasteiger partial charge on any atom is 0.237 e. The van der Waals surface area contributed by atoms with Crippen molar-refractivity contribution in [1.82, 2.24) is 14.8 Å². The molecule has 1 aromatic heterocycles. The molecule has 0 radical (unpaired) electrons. The smallest absolute Gasteiger partial charge is 0.237 e. The maximum atomic E-state index is 13.0. The highest BCUT2D eigenvalue weighted by molar-refractivity contribution is 8.00. The average Bonchev–Trinajstić information content (AvgIpc) is 3.32. The van der Waals surface area contributed by atoms with Crippen molar-refractivity contribution in [2.75, 3.05) is 19.5 Å². The second-order valence-corrected chi connectivity index (χ2v) is 10.2. The van der Waals surface area contributed by atoms with E-state index in [9.17, 15) is 9.59 Å². The molecule has 0 spiro atoms. The van der Waals surface area contributed by atoms with E-state index in [2.05, 4.69) is 20.1 Å². The number of aromatic nitrogens is 3. The fraction of sp³-hybridized carbons (Fsp3) is 0.407. The molecule has 1 saturated carbocycles. The molecule has 1 heterocycles. The summed E-state index contributed by atoms with van der Waals surface area (Å²) in [6.45, 7) is 3.38. The highest BCUT2D eigenvalue weighted by Crippen LogP contribution is 2.38. The number of Topliss-reactive ketones (excluding diaryl/α,β-unsaturated/α-hetero) is 1. The van der Waals surface area contributed by atoms with Gasteiger partial charge < -0.3 is 14.8 Å². The van der Waals surface area contributed by atoms with Gasteiger partial charge in [-0.05, 0) is 69.2 Å². The highest BCUT2D eigenvalue weighted by atomic mass is 32.2. The summed E-state index contributed by atoms with van der Waals surface area (Å²) in [4.78, 5) is 24.5. The van der Waals surface area contributed by atoms with Gasteiger partial charge in [-0.1, -0.05) is 31.0 Å². The summed E-state index contributed by atoms with van der Waals surface area (Å²) in [5.41, 5.74) is 2.15. The van der Waals surface area contributed by atoms with Gasteiger partial charge >= 0.3 is 0 Å². The van der Waals surface area contributed by atoms with Crippen molar-refractivity contribution in [3.05, 3.63) is 48.0 Å². The Bertz CT molecular complexity index is 1220. The van der Waals surface area contributed by atoms with E-state index in [0.717, 1.165) is 42.2 Å². The number of ether oxygens (including phenoxy) is 2. The van der Waals surface area contributed by atoms with Gasteiger partial charge in [-0.3, -0.25) is 14.2 Å². The van der Waals surface area contributed by atoms with Crippen LogP contribution in [0.15, 0.2) is 47.6 Å². The van der Waals surface area contributed by atoms with Crippen molar-refractivity contribution in [3.63, 3.8) is 0 Å². The standard InChI is InChI=1S/C27H32N4O4S/c1-17(32)19-10-13-21(14-11-19)28-26(33)18(2)36-27-30-29-25(31(27)22-8-6-5-7-9-22)20-12-15-23(34-3)24(16-20)35-4/h10-16,18,22H,5-9H2,1-4H3,(H,28,33)/t18-/m0/s1. The van der Waals surface area contributed by atoms with Gasteiger partial charge in [-0.25, -0.2) is 0 Å². The predicted octanol–water partition coefficient (Wildman–Crippen LogP) is 5.79. The van der Waals surface area contributed by atoms with Gasteiger partial charge in [0.15, 0.2) is 28.3 Å². The largest absolute Gasteiger partial charge is 0.493 e. The van der Waals surface area contributed by atoms with Gasteiger partial charge in [0.05, 0.1) is 19.5 Å². The van der Waals surface area contributed by atoms with Crippen LogP contribution in [0.25, 0.3) is 11.4 Å². The second kappa shape index (κ2) is 11.6. The van der Waals surface area contributed by atoms with Crippen LogP contribution < -0.4 is 14.8 Å². The lowest BCUT2D eigenvalue weighted by molar-refractivity contribution is -0.115. The molecular weight excluding hydrogens is 476 g/mol. The van der Waals surface area contributed by atoms with Gasteiger partial charge in [0, 0.05) is 22.9 Å². The van der Waals surface area contributed by atoms with Gasteiger partial charge in [0.1, 0.15) is 0 Å². The van der Waals surface area contributed by atoms with E-state index in [1.807, 2.05) is 25.1 Å². The molecule has 4 rings (SSSR count). The summed E-state index contributed by atoms with van der Waals surface area (Å²) in [5.74, 6) is 1.90. The predicted molar refractivity (Wildman–Crippen MR) is 141 cm³/mol. The quantitative estimate of drug-likeness (QED) is 0.289. The fourth-order valence-electron chi connectivity index (χ4n) is 4.44. The van der Waals surface area contributed by atoms with Crippen LogP contribution in [0.2, 0.25) is 0 Å². The van der Waals surface area contributed by atoms with E-state index in [1.165, 1.54) is 25.1 Å². The Morgan fingerprint density at radius 3 is 2.33 bits per heavy atom. The van der Waals surface area contributed by atoms with Gasteiger partial charge in [0.25, 0.3) is 0 Å². The van der Waals surface area contributed by atoms with Crippen molar-refractivity contribution in [2.45, 2.75) is 62.4 Å². The molecule has 2 aromatic carbocycles. The lowest BCUT2D eigenvalue weighted by Crippen LogP contribution is -2.23. The number of anilines is 1. The Labute approximate surface area is 215 Å². The Balaban J connectivity index is 1.58. The third-order valence-corrected chi connectivity index (χ3v) is 7.51.